The Hall–Kier alpha value is -3.49. The number of hydrogen-bond donors (Lipinski definition) is 2. The van der Waals surface area contributed by atoms with Crippen LogP contribution in [0.1, 0.15) is 28.8 Å². The van der Waals surface area contributed by atoms with Gasteiger partial charge in [-0.05, 0) is 61.7 Å². The van der Waals surface area contributed by atoms with E-state index in [4.69, 9.17) is 19.4 Å². The molecule has 0 radical (unpaired) electrons. The molecule has 1 aromatic carbocycles. The number of anilines is 1. The Labute approximate surface area is 217 Å². The Balaban J connectivity index is 1.40. The predicted molar refractivity (Wildman–Crippen MR) is 142 cm³/mol. The number of hydrogen-bond acceptors (Lipinski definition) is 7. The van der Waals surface area contributed by atoms with Gasteiger partial charge >= 0.3 is 5.97 Å². The molecule has 2 aliphatic heterocycles. The van der Waals surface area contributed by atoms with Gasteiger partial charge in [0.15, 0.2) is 0 Å². The van der Waals surface area contributed by atoms with Gasteiger partial charge in [-0.2, -0.15) is 0 Å². The molecular weight excluding hydrogens is 468 g/mol. The Morgan fingerprint density at radius 2 is 2.03 bits per heavy atom. The maximum Gasteiger partial charge on any atom is 0.308 e. The van der Waals surface area contributed by atoms with Crippen molar-refractivity contribution in [2.24, 2.45) is 5.92 Å². The molecule has 2 atom stereocenters. The van der Waals surface area contributed by atoms with E-state index in [1.165, 1.54) is 11.3 Å². The molecule has 5 rings (SSSR count). The molecule has 0 aliphatic carbocycles. The molecule has 2 aromatic heterocycles. The van der Waals surface area contributed by atoms with Gasteiger partial charge in [0.1, 0.15) is 18.2 Å². The third-order valence-electron chi connectivity index (χ3n) is 7.33. The first-order valence-corrected chi connectivity index (χ1v) is 12.9. The van der Waals surface area contributed by atoms with Gasteiger partial charge in [0.2, 0.25) is 0 Å². The number of carbonyl (C=O) groups is 1. The SMILES string of the molecule is COC[C@@H]1[C@H](C(=O)O)CCN1c1cccc(-c2cccc(C)c2OCc2cnc3c(c2)CCNCC3)n1. The summed E-state index contributed by atoms with van der Waals surface area (Å²) in [6.07, 6.45) is 4.42. The van der Waals surface area contributed by atoms with E-state index in [0.717, 1.165) is 59.9 Å². The molecule has 3 aromatic rings. The number of para-hydroxylation sites is 1. The predicted octanol–water partition coefficient (Wildman–Crippen LogP) is 3.65. The number of aliphatic carboxylic acids is 1. The van der Waals surface area contributed by atoms with Crippen LogP contribution >= 0.6 is 0 Å². The lowest BCUT2D eigenvalue weighted by Crippen LogP contribution is -2.39. The Morgan fingerprint density at radius 3 is 2.86 bits per heavy atom. The maximum absolute atomic E-state index is 11.8. The number of benzene rings is 1. The number of nitrogens with one attached hydrogen (secondary N) is 1. The van der Waals surface area contributed by atoms with Crippen LogP contribution in [0.15, 0.2) is 48.7 Å². The van der Waals surface area contributed by atoms with Gasteiger partial charge in [-0.3, -0.25) is 9.78 Å². The fourth-order valence-electron chi connectivity index (χ4n) is 5.40. The summed E-state index contributed by atoms with van der Waals surface area (Å²) < 4.78 is 11.8. The van der Waals surface area contributed by atoms with Crippen LogP contribution in [0.4, 0.5) is 5.82 Å². The van der Waals surface area contributed by atoms with E-state index in [0.29, 0.717) is 26.2 Å². The lowest BCUT2D eigenvalue weighted by atomic mass is 10.0. The first-order chi connectivity index (χ1) is 18.0. The van der Waals surface area contributed by atoms with Crippen molar-refractivity contribution >= 4 is 11.8 Å². The summed E-state index contributed by atoms with van der Waals surface area (Å²) in [5, 5.41) is 13.1. The average molecular weight is 503 g/mol. The zero-order valence-electron chi connectivity index (χ0n) is 21.4. The molecule has 194 valence electrons. The van der Waals surface area contributed by atoms with Gasteiger partial charge in [0, 0.05) is 49.6 Å². The molecule has 8 heteroatoms. The molecule has 0 bridgehead atoms. The van der Waals surface area contributed by atoms with Crippen LogP contribution in [0.2, 0.25) is 0 Å². The highest BCUT2D eigenvalue weighted by Gasteiger charge is 2.39. The number of aromatic nitrogens is 2. The smallest absolute Gasteiger partial charge is 0.308 e. The minimum atomic E-state index is -0.793. The number of carboxylic acid groups (broad SMARTS) is 1. The van der Waals surface area contributed by atoms with Gasteiger partial charge in [-0.15, -0.1) is 0 Å². The van der Waals surface area contributed by atoms with Crippen LogP contribution in [0, 0.1) is 12.8 Å². The normalized spacial score (nSPS) is 19.4. The quantitative estimate of drug-likeness (QED) is 0.482. The molecule has 2 aliphatic rings. The molecule has 0 amide bonds. The second kappa shape index (κ2) is 11.3. The Bertz CT molecular complexity index is 1260. The van der Waals surface area contributed by atoms with Crippen LogP contribution in [-0.4, -0.2) is 60.4 Å². The largest absolute Gasteiger partial charge is 0.488 e. The van der Waals surface area contributed by atoms with E-state index >= 15 is 0 Å². The standard InChI is InChI=1S/C29H34N4O4/c1-19-5-3-6-22(28(19)37-17-20-15-21-9-12-30-13-10-24(21)31-16-20)25-7-4-8-27(32-25)33-14-11-23(29(34)35)26(33)18-36-2/h3-8,15-16,23,26,30H,9-14,17-18H2,1-2H3,(H,34,35)/t23-,26-/m1/s1. The third-order valence-corrected chi connectivity index (χ3v) is 7.33. The van der Waals surface area contributed by atoms with E-state index in [1.807, 2.05) is 49.5 Å². The summed E-state index contributed by atoms with van der Waals surface area (Å²) in [7, 11) is 1.60. The number of nitrogens with zero attached hydrogens (tertiary/aromatic N) is 3. The lowest BCUT2D eigenvalue weighted by molar-refractivity contribution is -0.142. The van der Waals surface area contributed by atoms with Crippen molar-refractivity contribution in [2.75, 3.05) is 38.3 Å². The number of rotatable bonds is 8. The van der Waals surface area contributed by atoms with Crippen molar-refractivity contribution in [1.82, 2.24) is 15.3 Å². The van der Waals surface area contributed by atoms with Crippen LogP contribution in [-0.2, 0) is 29.0 Å². The topological polar surface area (TPSA) is 96.8 Å². The van der Waals surface area contributed by atoms with Crippen molar-refractivity contribution in [3.05, 3.63) is 71.0 Å². The Morgan fingerprint density at radius 1 is 1.19 bits per heavy atom. The lowest BCUT2D eigenvalue weighted by Gasteiger charge is -2.27. The number of ether oxygens (including phenoxy) is 2. The van der Waals surface area contributed by atoms with Gasteiger partial charge in [0.05, 0.1) is 24.3 Å². The summed E-state index contributed by atoms with van der Waals surface area (Å²) >= 11 is 0. The number of methoxy groups -OCH3 is 1. The maximum atomic E-state index is 11.8. The third kappa shape index (κ3) is 5.45. The van der Waals surface area contributed by atoms with E-state index in [2.05, 4.69) is 16.3 Å². The monoisotopic (exact) mass is 502 g/mol. The molecular formula is C29H34N4O4. The minimum Gasteiger partial charge on any atom is -0.488 e. The zero-order valence-corrected chi connectivity index (χ0v) is 21.4. The highest BCUT2D eigenvalue weighted by atomic mass is 16.5. The van der Waals surface area contributed by atoms with Crippen LogP contribution in [0.5, 0.6) is 5.75 Å². The molecule has 4 heterocycles. The summed E-state index contributed by atoms with van der Waals surface area (Å²) in [5.41, 5.74) is 6.24. The summed E-state index contributed by atoms with van der Waals surface area (Å²) in [6.45, 7) is 5.36. The minimum absolute atomic E-state index is 0.255. The number of fused-ring (bicyclic) bond motifs is 1. The molecule has 0 saturated carbocycles. The number of aryl methyl sites for hydroxylation is 1. The molecule has 2 N–H and O–H groups in total. The van der Waals surface area contributed by atoms with Crippen molar-refractivity contribution in [3.63, 3.8) is 0 Å². The van der Waals surface area contributed by atoms with Crippen LogP contribution < -0.4 is 15.0 Å². The van der Waals surface area contributed by atoms with Crippen LogP contribution in [0.3, 0.4) is 0 Å². The van der Waals surface area contributed by atoms with Gasteiger partial charge < -0.3 is 24.8 Å². The van der Waals surface area contributed by atoms with E-state index in [9.17, 15) is 9.90 Å². The van der Waals surface area contributed by atoms with Crippen molar-refractivity contribution in [3.8, 4) is 17.0 Å². The van der Waals surface area contributed by atoms with Gasteiger partial charge in [-0.1, -0.05) is 18.2 Å². The van der Waals surface area contributed by atoms with Gasteiger partial charge in [-0.25, -0.2) is 4.98 Å². The first kappa shape index (κ1) is 25.2. The van der Waals surface area contributed by atoms with Crippen molar-refractivity contribution in [1.29, 1.82) is 0 Å². The van der Waals surface area contributed by atoms with Crippen molar-refractivity contribution in [2.45, 2.75) is 38.8 Å². The highest BCUT2D eigenvalue weighted by molar-refractivity contribution is 5.74. The van der Waals surface area contributed by atoms with E-state index in [-0.39, 0.29) is 6.04 Å². The molecule has 1 fully saturated rings. The van der Waals surface area contributed by atoms with Crippen LogP contribution in [0.25, 0.3) is 11.3 Å². The zero-order chi connectivity index (χ0) is 25.8. The molecule has 0 spiro atoms. The second-order valence-corrected chi connectivity index (χ2v) is 9.77. The fraction of sp³-hybridized carbons (Fsp3) is 0.414. The molecule has 8 nitrogen and oxygen atoms in total. The molecule has 0 unspecified atom stereocenters. The molecule has 37 heavy (non-hydrogen) atoms. The summed E-state index contributed by atoms with van der Waals surface area (Å²) in [6, 6.07) is 13.9. The van der Waals surface area contributed by atoms with E-state index < -0.39 is 11.9 Å². The number of pyridine rings is 2. The fourth-order valence-corrected chi connectivity index (χ4v) is 5.40. The van der Waals surface area contributed by atoms with Gasteiger partial charge in [0.25, 0.3) is 0 Å². The average Bonchev–Trinajstić information content (AvgIpc) is 3.18. The second-order valence-electron chi connectivity index (χ2n) is 9.77. The van der Waals surface area contributed by atoms with E-state index in [1.54, 1.807) is 7.11 Å². The Kier molecular flexibility index (Phi) is 7.67. The summed E-state index contributed by atoms with van der Waals surface area (Å²) in [4.78, 5) is 23.5. The molecule has 1 saturated heterocycles. The number of carboxylic acids is 1. The first-order valence-electron chi connectivity index (χ1n) is 12.9. The van der Waals surface area contributed by atoms with Crippen molar-refractivity contribution < 1.29 is 19.4 Å². The summed E-state index contributed by atoms with van der Waals surface area (Å²) in [5.74, 6) is 0.272. The highest BCUT2D eigenvalue weighted by Crippen LogP contribution is 2.35.